The van der Waals surface area contributed by atoms with Gasteiger partial charge in [-0.2, -0.15) is 0 Å². The molecule has 9 heteroatoms. The molecule has 2 rings (SSSR count). The van der Waals surface area contributed by atoms with Crippen LogP contribution in [0.1, 0.15) is 23.5 Å². The lowest BCUT2D eigenvalue weighted by Gasteiger charge is -2.31. The van der Waals surface area contributed by atoms with E-state index in [0.717, 1.165) is 0 Å². The first-order chi connectivity index (χ1) is 11.4. The summed E-state index contributed by atoms with van der Waals surface area (Å²) in [5.74, 6) is -0.947. The van der Waals surface area contributed by atoms with E-state index in [4.69, 9.17) is 14.6 Å². The number of aliphatic carboxylic acids is 1. The van der Waals surface area contributed by atoms with E-state index in [0.29, 0.717) is 30.1 Å². The molecule has 132 valence electrons. The van der Waals surface area contributed by atoms with Crippen LogP contribution in [0.5, 0.6) is 0 Å². The maximum Gasteiger partial charge on any atom is 0.329 e. The van der Waals surface area contributed by atoms with Gasteiger partial charge >= 0.3 is 5.97 Å². The number of aryl methyl sites for hydroxylation is 2. The van der Waals surface area contributed by atoms with Crippen LogP contribution >= 0.6 is 0 Å². The number of carboxylic acids is 1. The summed E-state index contributed by atoms with van der Waals surface area (Å²) in [5.41, 5.74) is 0.469. The zero-order chi connectivity index (χ0) is 17.7. The third-order valence-corrected chi connectivity index (χ3v) is 3.74. The number of aromatic amines is 1. The van der Waals surface area contributed by atoms with Crippen molar-refractivity contribution in [1.29, 1.82) is 0 Å². The number of nitrogens with one attached hydrogen (secondary N) is 2. The number of amides is 1. The summed E-state index contributed by atoms with van der Waals surface area (Å²) in [4.78, 5) is 41.5. The average Bonchev–Trinajstić information content (AvgIpc) is 2.50. The highest BCUT2D eigenvalue weighted by molar-refractivity contribution is 5.79. The molecule has 0 aliphatic carbocycles. The molecule has 0 unspecified atom stereocenters. The number of ether oxygens (including phenoxy) is 2. The summed E-state index contributed by atoms with van der Waals surface area (Å²) in [6.07, 6.45) is -0.0603. The summed E-state index contributed by atoms with van der Waals surface area (Å²) in [5, 5.41) is 11.4. The zero-order valence-corrected chi connectivity index (χ0v) is 13.6. The number of carbonyl (C=O) groups excluding carboxylic acids is 1. The van der Waals surface area contributed by atoms with E-state index >= 15 is 0 Å². The highest BCUT2D eigenvalue weighted by Crippen LogP contribution is 2.12. The van der Waals surface area contributed by atoms with Gasteiger partial charge in [0.15, 0.2) is 0 Å². The smallest absolute Gasteiger partial charge is 0.329 e. The van der Waals surface area contributed by atoms with E-state index in [1.807, 2.05) is 0 Å². The second-order valence-electron chi connectivity index (χ2n) is 5.67. The van der Waals surface area contributed by atoms with Crippen LogP contribution in [0.3, 0.4) is 0 Å². The zero-order valence-electron chi connectivity index (χ0n) is 13.6. The predicted octanol–water partition coefficient (Wildman–Crippen LogP) is -0.696. The van der Waals surface area contributed by atoms with Crippen LogP contribution in [0.15, 0.2) is 4.79 Å². The number of rotatable bonds is 6. The van der Waals surface area contributed by atoms with Gasteiger partial charge < -0.3 is 24.9 Å². The largest absolute Gasteiger partial charge is 0.480 e. The van der Waals surface area contributed by atoms with Crippen molar-refractivity contribution in [2.75, 3.05) is 19.8 Å². The molecule has 1 aromatic heterocycles. The Morgan fingerprint density at radius 1 is 1.46 bits per heavy atom. The molecule has 1 amide bonds. The predicted molar refractivity (Wildman–Crippen MR) is 82.8 cm³/mol. The molecule has 0 aromatic carbocycles. The molecule has 1 aliphatic heterocycles. The lowest BCUT2D eigenvalue weighted by atomic mass is 10.1. The van der Waals surface area contributed by atoms with Crippen LogP contribution in [0.25, 0.3) is 0 Å². The molecule has 0 saturated carbocycles. The van der Waals surface area contributed by atoms with E-state index in [1.54, 1.807) is 13.8 Å². The van der Waals surface area contributed by atoms with Crippen LogP contribution in [0.4, 0.5) is 0 Å². The van der Waals surface area contributed by atoms with Gasteiger partial charge in [0.1, 0.15) is 12.4 Å². The van der Waals surface area contributed by atoms with Gasteiger partial charge in [0, 0.05) is 17.9 Å². The van der Waals surface area contributed by atoms with Gasteiger partial charge in [-0.15, -0.1) is 0 Å². The highest BCUT2D eigenvalue weighted by atomic mass is 16.5. The van der Waals surface area contributed by atoms with Gasteiger partial charge in [-0.1, -0.05) is 0 Å². The highest BCUT2D eigenvalue weighted by Gasteiger charge is 2.29. The number of aromatic nitrogens is 2. The molecule has 1 saturated heterocycles. The Morgan fingerprint density at radius 3 is 2.88 bits per heavy atom. The first-order valence-electron chi connectivity index (χ1n) is 7.63. The molecular formula is C15H21N3O6. The van der Waals surface area contributed by atoms with Gasteiger partial charge in [0.25, 0.3) is 5.56 Å². The van der Waals surface area contributed by atoms with Crippen molar-refractivity contribution in [2.24, 2.45) is 0 Å². The van der Waals surface area contributed by atoms with Gasteiger partial charge in [-0.05, 0) is 20.3 Å². The second-order valence-corrected chi connectivity index (χ2v) is 5.67. The standard InChI is InChI=1S/C15H21N3O6/c1-8-10(15(22)17-9(2)16-8)5-13(19)18-11-6-23-4-3-12(11)24-7-14(20)21/h11-12H,3-7H2,1-2H3,(H,18,19)(H,20,21)(H,16,17,22)/t11-,12+/m1/s1. The first-order valence-corrected chi connectivity index (χ1v) is 7.63. The molecule has 0 bridgehead atoms. The minimum atomic E-state index is -1.07. The van der Waals surface area contributed by atoms with E-state index in [-0.39, 0.29) is 24.5 Å². The monoisotopic (exact) mass is 339 g/mol. The molecule has 1 aromatic rings. The summed E-state index contributed by atoms with van der Waals surface area (Å²) in [7, 11) is 0. The van der Waals surface area contributed by atoms with E-state index in [2.05, 4.69) is 15.3 Å². The molecule has 1 aliphatic rings. The molecule has 2 heterocycles. The number of nitrogens with zero attached hydrogens (tertiary/aromatic N) is 1. The lowest BCUT2D eigenvalue weighted by molar-refractivity contribution is -0.148. The van der Waals surface area contributed by atoms with Gasteiger partial charge in [0.2, 0.25) is 5.91 Å². The fourth-order valence-corrected chi connectivity index (χ4v) is 2.61. The molecule has 2 atom stereocenters. The van der Waals surface area contributed by atoms with E-state index in [9.17, 15) is 14.4 Å². The molecule has 0 radical (unpaired) electrons. The summed E-state index contributed by atoms with van der Waals surface area (Å²) in [6, 6.07) is -0.455. The van der Waals surface area contributed by atoms with E-state index < -0.39 is 24.7 Å². The molecule has 24 heavy (non-hydrogen) atoms. The summed E-state index contributed by atoms with van der Waals surface area (Å²) in [6.45, 7) is 3.59. The SMILES string of the molecule is Cc1nc(C)c(CC(=O)N[C@@H]2COCC[C@@H]2OCC(=O)O)c(=O)[nH]1. The topological polar surface area (TPSA) is 131 Å². The number of hydrogen-bond acceptors (Lipinski definition) is 6. The van der Waals surface area contributed by atoms with Crippen molar-refractivity contribution in [2.45, 2.75) is 38.8 Å². The minimum absolute atomic E-state index is 0.114. The van der Waals surface area contributed by atoms with Crippen LogP contribution < -0.4 is 10.9 Å². The van der Waals surface area contributed by atoms with Crippen LogP contribution in [-0.2, 0) is 25.5 Å². The van der Waals surface area contributed by atoms with Crippen LogP contribution in [-0.4, -0.2) is 58.9 Å². The van der Waals surface area contributed by atoms with Crippen molar-refractivity contribution in [3.05, 3.63) is 27.4 Å². The Bertz CT molecular complexity index is 672. The quantitative estimate of drug-likeness (QED) is 0.625. The van der Waals surface area contributed by atoms with Crippen molar-refractivity contribution >= 4 is 11.9 Å². The fraction of sp³-hybridized carbons (Fsp3) is 0.600. The number of H-pyrrole nitrogens is 1. The Hall–Kier alpha value is -2.26. The average molecular weight is 339 g/mol. The molecular weight excluding hydrogens is 318 g/mol. The molecule has 9 nitrogen and oxygen atoms in total. The summed E-state index contributed by atoms with van der Waals surface area (Å²) < 4.78 is 10.6. The minimum Gasteiger partial charge on any atom is -0.480 e. The number of carbonyl (C=O) groups is 2. The maximum absolute atomic E-state index is 12.2. The van der Waals surface area contributed by atoms with Crippen molar-refractivity contribution in [1.82, 2.24) is 15.3 Å². The van der Waals surface area contributed by atoms with Gasteiger partial charge in [0.05, 0.1) is 25.2 Å². The number of carboxylic acid groups (broad SMARTS) is 1. The lowest BCUT2D eigenvalue weighted by Crippen LogP contribution is -2.51. The van der Waals surface area contributed by atoms with Crippen molar-refractivity contribution in [3.8, 4) is 0 Å². The van der Waals surface area contributed by atoms with Crippen LogP contribution in [0, 0.1) is 13.8 Å². The molecule has 1 fully saturated rings. The molecule has 3 N–H and O–H groups in total. The van der Waals surface area contributed by atoms with Gasteiger partial charge in [-0.3, -0.25) is 9.59 Å². The Morgan fingerprint density at radius 2 is 2.21 bits per heavy atom. The van der Waals surface area contributed by atoms with E-state index in [1.165, 1.54) is 0 Å². The third kappa shape index (κ3) is 4.87. The van der Waals surface area contributed by atoms with Crippen molar-refractivity contribution < 1.29 is 24.2 Å². The van der Waals surface area contributed by atoms with Gasteiger partial charge in [-0.25, -0.2) is 9.78 Å². The normalized spacial score (nSPS) is 20.6. The maximum atomic E-state index is 12.2. The first kappa shape index (κ1) is 18.1. The summed E-state index contributed by atoms with van der Waals surface area (Å²) >= 11 is 0. The molecule has 0 spiro atoms. The van der Waals surface area contributed by atoms with Crippen molar-refractivity contribution in [3.63, 3.8) is 0 Å². The Kier molecular flexibility index (Phi) is 6.04. The number of hydrogen-bond donors (Lipinski definition) is 3. The third-order valence-electron chi connectivity index (χ3n) is 3.74. The Balaban J connectivity index is 2.00. The second kappa shape index (κ2) is 8.02. The van der Waals surface area contributed by atoms with Crippen LogP contribution in [0.2, 0.25) is 0 Å². The fourth-order valence-electron chi connectivity index (χ4n) is 2.61. The Labute approximate surface area is 138 Å².